The summed E-state index contributed by atoms with van der Waals surface area (Å²) in [6, 6.07) is 12.6. The Labute approximate surface area is 165 Å². The van der Waals surface area contributed by atoms with E-state index in [1.54, 1.807) is 0 Å². The van der Waals surface area contributed by atoms with Crippen molar-refractivity contribution in [1.29, 1.82) is 0 Å². The van der Waals surface area contributed by atoms with E-state index in [2.05, 4.69) is 15.2 Å². The summed E-state index contributed by atoms with van der Waals surface area (Å²) < 4.78 is 50.5. The highest BCUT2D eigenvalue weighted by Crippen LogP contribution is 2.34. The Morgan fingerprint density at radius 3 is 2.72 bits per heavy atom. The summed E-state index contributed by atoms with van der Waals surface area (Å²) in [6.45, 7) is 1.47. The molecule has 6 nitrogen and oxygen atoms in total. The predicted octanol–water partition coefficient (Wildman–Crippen LogP) is 4.45. The molecule has 0 amide bonds. The van der Waals surface area contributed by atoms with Gasteiger partial charge in [-0.1, -0.05) is 23.3 Å². The quantitative estimate of drug-likeness (QED) is 0.626. The van der Waals surface area contributed by atoms with Crippen LogP contribution in [-0.4, -0.2) is 34.9 Å². The van der Waals surface area contributed by atoms with Crippen LogP contribution in [0, 0.1) is 5.92 Å². The third kappa shape index (κ3) is 4.49. The Hall–Kier alpha value is -3.10. The fraction of sp³-hybridized carbons (Fsp3) is 0.350. The van der Waals surface area contributed by atoms with Crippen LogP contribution in [0.1, 0.15) is 18.5 Å². The molecular weight excluding hydrogens is 385 g/mol. The van der Waals surface area contributed by atoms with Crippen molar-refractivity contribution in [2.75, 3.05) is 24.6 Å². The largest absolute Gasteiger partial charge is 0.491 e. The Morgan fingerprint density at radius 1 is 1.10 bits per heavy atom. The molecule has 1 aliphatic rings. The number of pyridine rings is 1. The number of piperidine rings is 1. The second kappa shape index (κ2) is 8.10. The van der Waals surface area contributed by atoms with Gasteiger partial charge in [-0.3, -0.25) is 0 Å². The molecule has 0 bridgehead atoms. The van der Waals surface area contributed by atoms with Crippen LogP contribution >= 0.6 is 0 Å². The molecule has 0 aliphatic carbocycles. The second-order valence-electron chi connectivity index (χ2n) is 6.87. The molecule has 0 spiro atoms. The Morgan fingerprint density at radius 2 is 1.93 bits per heavy atom. The SMILES string of the molecule is FC(F)(F)c1ncccc1OCC1CCCN(c2nnc(-c3ccccc3)o2)C1. The average molecular weight is 404 g/mol. The molecule has 0 N–H and O–H groups in total. The average Bonchev–Trinajstić information content (AvgIpc) is 3.23. The maximum atomic E-state index is 13.1. The minimum atomic E-state index is -4.55. The fourth-order valence-corrected chi connectivity index (χ4v) is 3.34. The summed E-state index contributed by atoms with van der Waals surface area (Å²) in [5.74, 6) is 0.225. The zero-order valence-corrected chi connectivity index (χ0v) is 15.5. The highest BCUT2D eigenvalue weighted by atomic mass is 19.4. The summed E-state index contributed by atoms with van der Waals surface area (Å²) in [4.78, 5) is 5.36. The van der Waals surface area contributed by atoms with E-state index in [0.717, 1.165) is 31.1 Å². The van der Waals surface area contributed by atoms with Gasteiger partial charge in [0.05, 0.1) is 6.61 Å². The van der Waals surface area contributed by atoms with Gasteiger partial charge in [0, 0.05) is 30.8 Å². The first kappa shape index (κ1) is 19.2. The first-order valence-electron chi connectivity index (χ1n) is 9.29. The van der Waals surface area contributed by atoms with Crippen molar-refractivity contribution < 1.29 is 22.3 Å². The van der Waals surface area contributed by atoms with Crippen molar-refractivity contribution in [2.24, 2.45) is 5.92 Å². The number of halogens is 3. The standard InChI is InChI=1S/C20H19F3N4O2/c21-20(22,23)17-16(9-4-10-24-17)28-13-14-6-5-11-27(12-14)19-26-25-18(29-19)15-7-2-1-3-8-15/h1-4,7-10,14H,5-6,11-13H2. The molecule has 1 saturated heterocycles. The van der Waals surface area contributed by atoms with Crippen LogP contribution in [0.15, 0.2) is 53.1 Å². The lowest BCUT2D eigenvalue weighted by atomic mass is 9.99. The van der Waals surface area contributed by atoms with Gasteiger partial charge in [0.15, 0.2) is 5.69 Å². The Bertz CT molecular complexity index is 946. The number of aromatic nitrogens is 3. The molecule has 29 heavy (non-hydrogen) atoms. The number of hydrogen-bond acceptors (Lipinski definition) is 6. The van der Waals surface area contributed by atoms with Gasteiger partial charge in [0.25, 0.3) is 0 Å². The van der Waals surface area contributed by atoms with E-state index < -0.39 is 11.9 Å². The number of ether oxygens (including phenoxy) is 1. The van der Waals surface area contributed by atoms with Crippen LogP contribution in [0.4, 0.5) is 19.2 Å². The molecule has 0 radical (unpaired) electrons. The van der Waals surface area contributed by atoms with Gasteiger partial charge in [-0.2, -0.15) is 13.2 Å². The predicted molar refractivity (Wildman–Crippen MR) is 99.4 cm³/mol. The summed E-state index contributed by atoms with van der Waals surface area (Å²) in [5, 5.41) is 8.22. The minimum Gasteiger partial charge on any atom is -0.491 e. The molecule has 0 saturated carbocycles. The van der Waals surface area contributed by atoms with Crippen LogP contribution in [0.2, 0.25) is 0 Å². The minimum absolute atomic E-state index is 0.0390. The first-order valence-corrected chi connectivity index (χ1v) is 9.29. The van der Waals surface area contributed by atoms with Crippen molar-refractivity contribution in [1.82, 2.24) is 15.2 Å². The lowest BCUT2D eigenvalue weighted by Gasteiger charge is -2.31. The van der Waals surface area contributed by atoms with Crippen molar-refractivity contribution >= 4 is 6.01 Å². The van der Waals surface area contributed by atoms with E-state index >= 15 is 0 Å². The van der Waals surface area contributed by atoms with Gasteiger partial charge >= 0.3 is 12.2 Å². The highest BCUT2D eigenvalue weighted by molar-refractivity contribution is 5.53. The molecule has 4 rings (SSSR count). The molecule has 1 atom stereocenters. The van der Waals surface area contributed by atoms with Gasteiger partial charge in [-0.15, -0.1) is 5.10 Å². The zero-order chi connectivity index (χ0) is 20.3. The number of benzene rings is 1. The molecule has 9 heteroatoms. The molecular formula is C20H19F3N4O2. The molecule has 1 unspecified atom stereocenters. The van der Waals surface area contributed by atoms with Crippen molar-refractivity contribution in [2.45, 2.75) is 19.0 Å². The van der Waals surface area contributed by atoms with Gasteiger partial charge < -0.3 is 14.1 Å². The zero-order valence-electron chi connectivity index (χ0n) is 15.5. The van der Waals surface area contributed by atoms with Gasteiger partial charge in [-0.25, -0.2) is 4.98 Å². The maximum absolute atomic E-state index is 13.1. The lowest BCUT2D eigenvalue weighted by molar-refractivity contribution is -0.142. The van der Waals surface area contributed by atoms with E-state index in [-0.39, 0.29) is 18.3 Å². The topological polar surface area (TPSA) is 64.3 Å². The van der Waals surface area contributed by atoms with Gasteiger partial charge in [-0.05, 0) is 37.1 Å². The summed E-state index contributed by atoms with van der Waals surface area (Å²) in [7, 11) is 0. The first-order chi connectivity index (χ1) is 14.0. The van der Waals surface area contributed by atoms with Crippen LogP contribution in [0.25, 0.3) is 11.5 Å². The smallest absolute Gasteiger partial charge is 0.437 e. The summed E-state index contributed by atoms with van der Waals surface area (Å²) >= 11 is 0. The van der Waals surface area contributed by atoms with Crippen molar-refractivity contribution in [3.8, 4) is 17.2 Å². The van der Waals surface area contributed by atoms with Gasteiger partial charge in [0.2, 0.25) is 5.89 Å². The third-order valence-electron chi connectivity index (χ3n) is 4.74. The number of hydrogen-bond donors (Lipinski definition) is 0. The lowest BCUT2D eigenvalue weighted by Crippen LogP contribution is -2.38. The third-order valence-corrected chi connectivity index (χ3v) is 4.74. The van der Waals surface area contributed by atoms with E-state index in [4.69, 9.17) is 9.15 Å². The van der Waals surface area contributed by atoms with Crippen LogP contribution in [0.3, 0.4) is 0 Å². The van der Waals surface area contributed by atoms with Crippen LogP contribution in [0.5, 0.6) is 5.75 Å². The normalized spacial score (nSPS) is 17.3. The highest BCUT2D eigenvalue weighted by Gasteiger charge is 2.36. The van der Waals surface area contributed by atoms with E-state index in [1.807, 2.05) is 35.2 Å². The van der Waals surface area contributed by atoms with E-state index in [1.165, 1.54) is 12.1 Å². The maximum Gasteiger partial charge on any atom is 0.437 e. The Balaban J connectivity index is 1.40. The molecule has 3 aromatic rings. The summed E-state index contributed by atoms with van der Waals surface area (Å²) in [5.41, 5.74) is -0.170. The number of nitrogens with zero attached hydrogens (tertiary/aromatic N) is 4. The molecule has 1 aromatic carbocycles. The van der Waals surface area contributed by atoms with Crippen LogP contribution in [-0.2, 0) is 6.18 Å². The molecule has 1 aliphatic heterocycles. The van der Waals surface area contributed by atoms with Gasteiger partial charge in [0.1, 0.15) is 5.75 Å². The molecule has 152 valence electrons. The number of rotatable bonds is 5. The van der Waals surface area contributed by atoms with Crippen molar-refractivity contribution in [3.05, 3.63) is 54.4 Å². The molecule has 3 heterocycles. The van der Waals surface area contributed by atoms with E-state index in [9.17, 15) is 13.2 Å². The second-order valence-corrected chi connectivity index (χ2v) is 6.87. The fourth-order valence-electron chi connectivity index (χ4n) is 3.34. The van der Waals surface area contributed by atoms with E-state index in [0.29, 0.717) is 18.5 Å². The van der Waals surface area contributed by atoms with Crippen LogP contribution < -0.4 is 9.64 Å². The Kier molecular flexibility index (Phi) is 5.37. The summed E-state index contributed by atoms with van der Waals surface area (Å²) in [6.07, 6.45) is -1.74. The molecule has 1 fully saturated rings. The number of anilines is 1. The molecule has 2 aromatic heterocycles. The number of alkyl halides is 3. The monoisotopic (exact) mass is 404 g/mol. The van der Waals surface area contributed by atoms with Crippen molar-refractivity contribution in [3.63, 3.8) is 0 Å².